The normalized spacial score (nSPS) is 24.4. The predicted octanol–water partition coefficient (Wildman–Crippen LogP) is 2.30. The number of nitrogens with zero attached hydrogens (tertiary/aromatic N) is 2. The van der Waals surface area contributed by atoms with Gasteiger partial charge in [0.25, 0.3) is 0 Å². The summed E-state index contributed by atoms with van der Waals surface area (Å²) in [7, 11) is 1.60. The summed E-state index contributed by atoms with van der Waals surface area (Å²) in [5, 5.41) is 3.33. The molecule has 0 amide bonds. The highest BCUT2D eigenvalue weighted by molar-refractivity contribution is 6.18. The number of nitrogens with one attached hydrogen (secondary N) is 1. The maximum atomic E-state index is 5.92. The van der Waals surface area contributed by atoms with Crippen molar-refractivity contribution in [3.05, 3.63) is 12.3 Å². The highest BCUT2D eigenvalue weighted by Gasteiger charge is 2.26. The van der Waals surface area contributed by atoms with E-state index in [4.69, 9.17) is 16.3 Å². The lowest BCUT2D eigenvalue weighted by atomic mass is 10.1. The Morgan fingerprint density at radius 2 is 2.44 bits per heavy atom. The van der Waals surface area contributed by atoms with Gasteiger partial charge in [-0.3, -0.25) is 0 Å². The lowest BCUT2D eigenvalue weighted by Crippen LogP contribution is -2.26. The summed E-state index contributed by atoms with van der Waals surface area (Å²) < 4.78 is 5.06. The lowest BCUT2D eigenvalue weighted by molar-refractivity contribution is 0.397. The quantitative estimate of drug-likeness (QED) is 0.822. The van der Waals surface area contributed by atoms with Crippen LogP contribution < -0.4 is 10.1 Å². The molecule has 1 aromatic heterocycles. The Morgan fingerprint density at radius 1 is 1.56 bits per heavy atom. The van der Waals surface area contributed by atoms with Crippen molar-refractivity contribution in [2.45, 2.75) is 25.3 Å². The van der Waals surface area contributed by atoms with E-state index in [0.29, 0.717) is 29.7 Å². The molecule has 1 heterocycles. The van der Waals surface area contributed by atoms with Crippen molar-refractivity contribution in [2.24, 2.45) is 5.92 Å². The standard InChI is InChI=1S/C11H16ClN3O/c1-16-10-5-6-13-11(15-10)14-9-4-2-3-8(9)7-12/h5-6,8-9H,2-4,7H2,1H3,(H,13,14,15). The van der Waals surface area contributed by atoms with Crippen molar-refractivity contribution in [3.63, 3.8) is 0 Å². The molecule has 2 unspecified atom stereocenters. The summed E-state index contributed by atoms with van der Waals surface area (Å²) in [6, 6.07) is 2.13. The zero-order valence-electron chi connectivity index (χ0n) is 9.32. The Kier molecular flexibility index (Phi) is 3.83. The molecule has 0 bridgehead atoms. The average Bonchev–Trinajstić information content (AvgIpc) is 2.76. The molecule has 1 fully saturated rings. The van der Waals surface area contributed by atoms with Crippen molar-refractivity contribution < 1.29 is 4.74 Å². The number of ether oxygens (including phenoxy) is 1. The van der Waals surface area contributed by atoms with E-state index in [1.54, 1.807) is 19.4 Å². The van der Waals surface area contributed by atoms with Crippen LogP contribution in [0.5, 0.6) is 5.88 Å². The first-order chi connectivity index (χ1) is 7.83. The molecule has 1 aromatic rings. The first-order valence-corrected chi connectivity index (χ1v) is 6.06. The van der Waals surface area contributed by atoms with Gasteiger partial charge in [0.05, 0.1) is 7.11 Å². The van der Waals surface area contributed by atoms with Gasteiger partial charge in [-0.2, -0.15) is 4.98 Å². The fourth-order valence-electron chi connectivity index (χ4n) is 2.10. The van der Waals surface area contributed by atoms with E-state index in [1.807, 2.05) is 0 Å². The predicted molar refractivity (Wildman–Crippen MR) is 64.1 cm³/mol. The SMILES string of the molecule is COc1ccnc(NC2CCCC2CCl)n1. The maximum Gasteiger partial charge on any atom is 0.226 e. The Hall–Kier alpha value is -1.03. The van der Waals surface area contributed by atoms with Crippen molar-refractivity contribution in [1.82, 2.24) is 9.97 Å². The second-order valence-electron chi connectivity index (χ2n) is 4.02. The first-order valence-electron chi connectivity index (χ1n) is 5.53. The molecule has 1 saturated carbocycles. The molecule has 2 rings (SSSR count). The van der Waals surface area contributed by atoms with Gasteiger partial charge >= 0.3 is 0 Å². The second kappa shape index (κ2) is 5.34. The Bertz CT molecular complexity index is 348. The van der Waals surface area contributed by atoms with E-state index < -0.39 is 0 Å². The minimum absolute atomic E-state index is 0.393. The van der Waals surface area contributed by atoms with Gasteiger partial charge in [-0.25, -0.2) is 4.98 Å². The molecule has 5 heteroatoms. The van der Waals surface area contributed by atoms with E-state index in [2.05, 4.69) is 15.3 Å². The highest BCUT2D eigenvalue weighted by atomic mass is 35.5. The summed E-state index contributed by atoms with van der Waals surface area (Å²) in [4.78, 5) is 8.41. The third-order valence-electron chi connectivity index (χ3n) is 3.01. The van der Waals surface area contributed by atoms with E-state index in [0.717, 1.165) is 6.42 Å². The molecule has 2 atom stereocenters. The van der Waals surface area contributed by atoms with Crippen LogP contribution in [0.4, 0.5) is 5.95 Å². The van der Waals surface area contributed by atoms with E-state index in [-0.39, 0.29) is 0 Å². The van der Waals surface area contributed by atoms with Crippen LogP contribution in [-0.4, -0.2) is 29.0 Å². The van der Waals surface area contributed by atoms with Crippen LogP contribution in [0.1, 0.15) is 19.3 Å². The van der Waals surface area contributed by atoms with Gasteiger partial charge in [-0.15, -0.1) is 11.6 Å². The van der Waals surface area contributed by atoms with Crippen LogP contribution >= 0.6 is 11.6 Å². The Morgan fingerprint density at radius 3 is 3.19 bits per heavy atom. The molecule has 4 nitrogen and oxygen atoms in total. The number of halogens is 1. The smallest absolute Gasteiger partial charge is 0.226 e. The summed E-state index contributed by atoms with van der Waals surface area (Å²) in [5.74, 6) is 2.43. The van der Waals surface area contributed by atoms with Gasteiger partial charge in [0, 0.05) is 24.2 Å². The molecule has 1 N–H and O–H groups in total. The highest BCUT2D eigenvalue weighted by Crippen LogP contribution is 2.28. The number of rotatable bonds is 4. The Labute approximate surface area is 100 Å². The fourth-order valence-corrected chi connectivity index (χ4v) is 2.47. The van der Waals surface area contributed by atoms with E-state index in [9.17, 15) is 0 Å². The Balaban J connectivity index is 2.02. The summed E-state index contributed by atoms with van der Waals surface area (Å²) in [6.07, 6.45) is 5.24. The number of hydrogen-bond acceptors (Lipinski definition) is 4. The number of aromatic nitrogens is 2. The van der Waals surface area contributed by atoms with Crippen molar-refractivity contribution in [1.29, 1.82) is 0 Å². The minimum Gasteiger partial charge on any atom is -0.481 e. The number of anilines is 1. The molecule has 88 valence electrons. The summed E-state index contributed by atoms with van der Waals surface area (Å²) in [6.45, 7) is 0. The van der Waals surface area contributed by atoms with Gasteiger partial charge < -0.3 is 10.1 Å². The van der Waals surface area contributed by atoms with Gasteiger partial charge in [0.1, 0.15) is 0 Å². The molecular weight excluding hydrogens is 226 g/mol. The zero-order chi connectivity index (χ0) is 11.4. The van der Waals surface area contributed by atoms with Crippen LogP contribution in [-0.2, 0) is 0 Å². The van der Waals surface area contributed by atoms with Gasteiger partial charge in [-0.1, -0.05) is 6.42 Å². The molecule has 16 heavy (non-hydrogen) atoms. The van der Waals surface area contributed by atoms with Crippen LogP contribution in [0.3, 0.4) is 0 Å². The van der Waals surface area contributed by atoms with Crippen molar-refractivity contribution >= 4 is 17.5 Å². The monoisotopic (exact) mass is 241 g/mol. The van der Waals surface area contributed by atoms with Crippen LogP contribution in [0.15, 0.2) is 12.3 Å². The van der Waals surface area contributed by atoms with Gasteiger partial charge in [0.15, 0.2) is 0 Å². The molecule has 1 aliphatic carbocycles. The van der Waals surface area contributed by atoms with Crippen LogP contribution in [0.25, 0.3) is 0 Å². The zero-order valence-corrected chi connectivity index (χ0v) is 10.1. The van der Waals surface area contributed by atoms with E-state index >= 15 is 0 Å². The molecule has 0 saturated heterocycles. The van der Waals surface area contributed by atoms with Crippen molar-refractivity contribution in [2.75, 3.05) is 18.3 Å². The largest absolute Gasteiger partial charge is 0.481 e. The fraction of sp³-hybridized carbons (Fsp3) is 0.636. The number of methoxy groups -OCH3 is 1. The van der Waals surface area contributed by atoms with E-state index in [1.165, 1.54) is 12.8 Å². The molecule has 1 aliphatic rings. The molecule has 0 spiro atoms. The molecule has 0 radical (unpaired) electrons. The molecular formula is C11H16ClN3O. The number of hydrogen-bond donors (Lipinski definition) is 1. The van der Waals surface area contributed by atoms with Gasteiger partial charge in [0.2, 0.25) is 11.8 Å². The van der Waals surface area contributed by atoms with Crippen LogP contribution in [0, 0.1) is 5.92 Å². The molecule has 0 aromatic carbocycles. The third-order valence-corrected chi connectivity index (χ3v) is 3.41. The van der Waals surface area contributed by atoms with Crippen LogP contribution in [0.2, 0.25) is 0 Å². The molecule has 0 aliphatic heterocycles. The van der Waals surface area contributed by atoms with Gasteiger partial charge in [-0.05, 0) is 18.8 Å². The lowest BCUT2D eigenvalue weighted by Gasteiger charge is -2.18. The third kappa shape index (κ3) is 2.55. The average molecular weight is 242 g/mol. The van der Waals surface area contributed by atoms with Crippen molar-refractivity contribution in [3.8, 4) is 5.88 Å². The second-order valence-corrected chi connectivity index (χ2v) is 4.33. The topological polar surface area (TPSA) is 47.0 Å². The summed E-state index contributed by atoms with van der Waals surface area (Å²) >= 11 is 5.92. The summed E-state index contributed by atoms with van der Waals surface area (Å²) in [5.41, 5.74) is 0. The maximum absolute atomic E-state index is 5.92. The first kappa shape index (κ1) is 11.5. The minimum atomic E-state index is 0.393. The number of alkyl halides is 1.